The van der Waals surface area contributed by atoms with E-state index in [2.05, 4.69) is 5.32 Å². The SMILES string of the molecule is CC[C@@H](CO)NC(=O)c1cccn1CC(F)(F)F. The van der Waals surface area contributed by atoms with Crippen molar-refractivity contribution in [3.05, 3.63) is 24.0 Å². The van der Waals surface area contributed by atoms with E-state index in [4.69, 9.17) is 5.11 Å². The number of rotatable bonds is 5. The first-order valence-corrected chi connectivity index (χ1v) is 5.51. The van der Waals surface area contributed by atoms with Crippen LogP contribution in [0.15, 0.2) is 18.3 Å². The maximum absolute atomic E-state index is 12.3. The van der Waals surface area contributed by atoms with Crippen LogP contribution >= 0.6 is 0 Å². The molecule has 1 atom stereocenters. The standard InChI is InChI=1S/C11H15F3N2O2/c1-2-8(6-17)15-10(18)9-4-3-5-16(9)7-11(12,13)14/h3-5,8,17H,2,6-7H2,1H3,(H,15,18)/t8-/m0/s1. The first-order valence-electron chi connectivity index (χ1n) is 5.51. The van der Waals surface area contributed by atoms with Gasteiger partial charge in [-0.05, 0) is 18.6 Å². The van der Waals surface area contributed by atoms with Gasteiger partial charge in [0.25, 0.3) is 5.91 Å². The Balaban J connectivity index is 2.77. The Kier molecular flexibility index (Phi) is 4.77. The van der Waals surface area contributed by atoms with Crippen molar-refractivity contribution >= 4 is 5.91 Å². The summed E-state index contributed by atoms with van der Waals surface area (Å²) in [5.74, 6) is -0.620. The minimum Gasteiger partial charge on any atom is -0.394 e. The zero-order chi connectivity index (χ0) is 13.8. The van der Waals surface area contributed by atoms with Crippen LogP contribution in [0.2, 0.25) is 0 Å². The van der Waals surface area contributed by atoms with E-state index in [0.717, 1.165) is 4.57 Å². The van der Waals surface area contributed by atoms with E-state index >= 15 is 0 Å². The van der Waals surface area contributed by atoms with Crippen molar-refractivity contribution in [1.29, 1.82) is 0 Å². The van der Waals surface area contributed by atoms with Crippen LogP contribution in [0.25, 0.3) is 0 Å². The highest BCUT2D eigenvalue weighted by molar-refractivity contribution is 5.92. The molecule has 4 nitrogen and oxygen atoms in total. The van der Waals surface area contributed by atoms with Gasteiger partial charge in [0.1, 0.15) is 12.2 Å². The largest absolute Gasteiger partial charge is 0.406 e. The zero-order valence-electron chi connectivity index (χ0n) is 9.87. The Bertz CT molecular complexity index is 397. The van der Waals surface area contributed by atoms with E-state index in [-0.39, 0.29) is 12.3 Å². The van der Waals surface area contributed by atoms with Gasteiger partial charge in [-0.15, -0.1) is 0 Å². The third-order valence-electron chi connectivity index (χ3n) is 2.46. The normalized spacial score (nSPS) is 13.4. The molecule has 1 aromatic heterocycles. The highest BCUT2D eigenvalue weighted by Crippen LogP contribution is 2.19. The Labute approximate surface area is 102 Å². The van der Waals surface area contributed by atoms with Gasteiger partial charge in [-0.2, -0.15) is 13.2 Å². The van der Waals surface area contributed by atoms with Crippen molar-refractivity contribution in [2.75, 3.05) is 6.61 Å². The summed E-state index contributed by atoms with van der Waals surface area (Å²) in [5, 5.41) is 11.4. The number of hydrogen-bond acceptors (Lipinski definition) is 2. The summed E-state index contributed by atoms with van der Waals surface area (Å²) in [4.78, 5) is 11.7. The van der Waals surface area contributed by atoms with Crippen LogP contribution in [0.3, 0.4) is 0 Å². The molecular weight excluding hydrogens is 249 g/mol. The first kappa shape index (κ1) is 14.6. The van der Waals surface area contributed by atoms with Gasteiger partial charge in [0, 0.05) is 6.20 Å². The lowest BCUT2D eigenvalue weighted by atomic mass is 10.2. The molecule has 1 amide bonds. The number of halogens is 3. The lowest BCUT2D eigenvalue weighted by Crippen LogP contribution is -2.38. The van der Waals surface area contributed by atoms with E-state index in [1.165, 1.54) is 18.3 Å². The molecule has 1 aromatic rings. The van der Waals surface area contributed by atoms with Gasteiger partial charge in [0.15, 0.2) is 0 Å². The van der Waals surface area contributed by atoms with Crippen LogP contribution in [-0.2, 0) is 6.54 Å². The van der Waals surface area contributed by atoms with Crippen molar-refractivity contribution in [3.8, 4) is 0 Å². The molecule has 7 heteroatoms. The number of nitrogens with zero attached hydrogens (tertiary/aromatic N) is 1. The van der Waals surface area contributed by atoms with Crippen LogP contribution in [0.1, 0.15) is 23.8 Å². The van der Waals surface area contributed by atoms with Gasteiger partial charge in [-0.3, -0.25) is 4.79 Å². The van der Waals surface area contributed by atoms with E-state index in [1.807, 2.05) is 0 Å². The lowest BCUT2D eigenvalue weighted by molar-refractivity contribution is -0.140. The Morgan fingerprint density at radius 3 is 2.72 bits per heavy atom. The summed E-state index contributed by atoms with van der Waals surface area (Å²) in [6.07, 6.45) is -2.68. The van der Waals surface area contributed by atoms with E-state index < -0.39 is 24.7 Å². The van der Waals surface area contributed by atoms with Crippen LogP contribution < -0.4 is 5.32 Å². The van der Waals surface area contributed by atoms with E-state index in [9.17, 15) is 18.0 Å². The zero-order valence-corrected chi connectivity index (χ0v) is 9.87. The molecule has 0 fully saturated rings. The van der Waals surface area contributed by atoms with E-state index in [1.54, 1.807) is 6.92 Å². The number of aliphatic hydroxyl groups is 1. The number of aromatic nitrogens is 1. The Morgan fingerprint density at radius 2 is 2.22 bits per heavy atom. The molecule has 102 valence electrons. The molecule has 0 spiro atoms. The van der Waals surface area contributed by atoms with Gasteiger partial charge in [-0.1, -0.05) is 6.92 Å². The van der Waals surface area contributed by atoms with Crippen molar-refractivity contribution in [1.82, 2.24) is 9.88 Å². The second-order valence-corrected chi connectivity index (χ2v) is 3.90. The number of carbonyl (C=O) groups is 1. The number of carbonyl (C=O) groups excluding carboxylic acids is 1. The molecule has 0 radical (unpaired) electrons. The second kappa shape index (κ2) is 5.90. The van der Waals surface area contributed by atoms with Gasteiger partial charge in [-0.25, -0.2) is 0 Å². The highest BCUT2D eigenvalue weighted by Gasteiger charge is 2.29. The minimum atomic E-state index is -4.38. The fourth-order valence-electron chi connectivity index (χ4n) is 1.49. The predicted octanol–water partition coefficient (Wildman–Crippen LogP) is 1.55. The molecule has 2 N–H and O–H groups in total. The third-order valence-corrected chi connectivity index (χ3v) is 2.46. The first-order chi connectivity index (χ1) is 8.37. The summed E-state index contributed by atoms with van der Waals surface area (Å²) in [5.41, 5.74) is -0.0702. The average Bonchev–Trinajstić information content (AvgIpc) is 2.71. The van der Waals surface area contributed by atoms with E-state index in [0.29, 0.717) is 6.42 Å². The molecular formula is C11H15F3N2O2. The molecule has 0 aliphatic carbocycles. The smallest absolute Gasteiger partial charge is 0.394 e. The van der Waals surface area contributed by atoms with Gasteiger partial charge in [0.05, 0.1) is 12.6 Å². The number of alkyl halides is 3. The van der Waals surface area contributed by atoms with Crippen LogP contribution in [0, 0.1) is 0 Å². The maximum Gasteiger partial charge on any atom is 0.406 e. The van der Waals surface area contributed by atoms with Crippen LogP contribution in [0.5, 0.6) is 0 Å². The molecule has 0 aromatic carbocycles. The summed E-state index contributed by atoms with van der Waals surface area (Å²) in [6, 6.07) is 2.23. The molecule has 0 saturated heterocycles. The molecule has 0 aliphatic rings. The van der Waals surface area contributed by atoms with Crippen molar-refractivity contribution in [3.63, 3.8) is 0 Å². The molecule has 1 rings (SSSR count). The summed E-state index contributed by atoms with van der Waals surface area (Å²) >= 11 is 0. The Hall–Kier alpha value is -1.50. The highest BCUT2D eigenvalue weighted by atomic mass is 19.4. The molecule has 0 aliphatic heterocycles. The predicted molar refractivity (Wildman–Crippen MR) is 59.1 cm³/mol. The number of amides is 1. The summed E-state index contributed by atoms with van der Waals surface area (Å²) in [6.45, 7) is 0.302. The molecule has 18 heavy (non-hydrogen) atoms. The second-order valence-electron chi connectivity index (χ2n) is 3.90. The number of nitrogens with one attached hydrogen (secondary N) is 1. The quantitative estimate of drug-likeness (QED) is 0.847. The topological polar surface area (TPSA) is 54.3 Å². The number of aliphatic hydroxyl groups excluding tert-OH is 1. The molecule has 0 bridgehead atoms. The van der Waals surface area contributed by atoms with Gasteiger partial charge < -0.3 is 15.0 Å². The Morgan fingerprint density at radius 1 is 1.56 bits per heavy atom. The van der Waals surface area contributed by atoms with Crippen LogP contribution in [-0.4, -0.2) is 34.4 Å². The third kappa shape index (κ3) is 4.06. The lowest BCUT2D eigenvalue weighted by Gasteiger charge is -2.16. The fraction of sp³-hybridized carbons (Fsp3) is 0.545. The van der Waals surface area contributed by atoms with Crippen molar-refractivity contribution < 1.29 is 23.1 Å². The molecule has 0 saturated carbocycles. The van der Waals surface area contributed by atoms with Crippen LogP contribution in [0.4, 0.5) is 13.2 Å². The monoisotopic (exact) mass is 264 g/mol. The van der Waals surface area contributed by atoms with Crippen molar-refractivity contribution in [2.45, 2.75) is 32.1 Å². The minimum absolute atomic E-state index is 0.0702. The average molecular weight is 264 g/mol. The van der Waals surface area contributed by atoms with Gasteiger partial charge >= 0.3 is 6.18 Å². The van der Waals surface area contributed by atoms with Crippen molar-refractivity contribution in [2.24, 2.45) is 0 Å². The fourth-order valence-corrected chi connectivity index (χ4v) is 1.49. The summed E-state index contributed by atoms with van der Waals surface area (Å²) in [7, 11) is 0. The maximum atomic E-state index is 12.3. The number of hydrogen-bond donors (Lipinski definition) is 2. The summed E-state index contributed by atoms with van der Waals surface area (Å²) < 4.78 is 37.6. The molecule has 0 unspecified atom stereocenters. The molecule has 1 heterocycles. The van der Waals surface area contributed by atoms with Gasteiger partial charge in [0.2, 0.25) is 0 Å².